The van der Waals surface area contributed by atoms with Crippen molar-refractivity contribution in [3.05, 3.63) is 70.5 Å². The zero-order valence-corrected chi connectivity index (χ0v) is 18.1. The Morgan fingerprint density at radius 3 is 2.80 bits per heavy atom. The first-order valence-electron chi connectivity index (χ1n) is 10.1. The summed E-state index contributed by atoms with van der Waals surface area (Å²) in [6.45, 7) is 5.49. The molecule has 0 aromatic heterocycles. The molecule has 0 spiro atoms. The summed E-state index contributed by atoms with van der Waals surface area (Å²) in [4.78, 5) is 7.69. The lowest BCUT2D eigenvalue weighted by molar-refractivity contribution is -0.0194. The Labute approximate surface area is 182 Å². The number of benzene rings is 2. The van der Waals surface area contributed by atoms with Crippen LogP contribution < -0.4 is 0 Å². The molecular formula is C23H28ClFN2O3. The lowest BCUT2D eigenvalue weighted by Gasteiger charge is -2.27. The van der Waals surface area contributed by atoms with Crippen LogP contribution in [0.4, 0.5) is 4.39 Å². The molecule has 0 aliphatic carbocycles. The Balaban J connectivity index is 1.64. The van der Waals surface area contributed by atoms with Crippen molar-refractivity contribution in [2.45, 2.75) is 45.1 Å². The molecule has 0 saturated heterocycles. The molecule has 162 valence electrons. The number of rotatable bonds is 10. The molecule has 2 atom stereocenters. The summed E-state index contributed by atoms with van der Waals surface area (Å²) in [7, 11) is 0. The van der Waals surface area contributed by atoms with E-state index in [1.807, 2.05) is 49.1 Å². The average Bonchev–Trinajstić information content (AvgIpc) is 3.15. The van der Waals surface area contributed by atoms with Gasteiger partial charge in [0.1, 0.15) is 11.9 Å². The molecule has 0 fully saturated rings. The predicted molar refractivity (Wildman–Crippen MR) is 116 cm³/mol. The molecule has 1 heterocycles. The lowest BCUT2D eigenvalue weighted by Crippen LogP contribution is -2.39. The Kier molecular flexibility index (Phi) is 8.22. The van der Waals surface area contributed by atoms with E-state index in [0.29, 0.717) is 31.1 Å². The quantitative estimate of drug-likeness (QED) is 0.607. The average molecular weight is 435 g/mol. The maximum atomic E-state index is 13.6. The molecule has 0 saturated carbocycles. The first-order valence-corrected chi connectivity index (χ1v) is 10.5. The summed E-state index contributed by atoms with van der Waals surface area (Å²) in [5, 5.41) is 15.3. The second-order valence-corrected chi connectivity index (χ2v) is 8.22. The van der Waals surface area contributed by atoms with Gasteiger partial charge in [0.15, 0.2) is 0 Å². The normalized spacial score (nSPS) is 17.3. The van der Waals surface area contributed by atoms with E-state index in [9.17, 15) is 9.50 Å². The van der Waals surface area contributed by atoms with Crippen LogP contribution in [0.3, 0.4) is 0 Å². The van der Waals surface area contributed by atoms with Gasteiger partial charge in [0.25, 0.3) is 0 Å². The van der Waals surface area contributed by atoms with Crippen molar-refractivity contribution in [1.82, 2.24) is 4.90 Å². The van der Waals surface area contributed by atoms with E-state index in [1.165, 1.54) is 12.1 Å². The highest BCUT2D eigenvalue weighted by Crippen LogP contribution is 2.23. The van der Waals surface area contributed by atoms with Gasteiger partial charge in [0.2, 0.25) is 0 Å². The van der Waals surface area contributed by atoms with E-state index in [2.05, 4.69) is 5.16 Å². The van der Waals surface area contributed by atoms with E-state index < -0.39 is 6.10 Å². The number of aliphatic hydroxyl groups is 1. The minimum absolute atomic E-state index is 0.0427. The molecule has 2 aromatic carbocycles. The summed E-state index contributed by atoms with van der Waals surface area (Å²) >= 11 is 6.28. The van der Waals surface area contributed by atoms with Crippen molar-refractivity contribution < 1.29 is 19.1 Å². The molecule has 3 rings (SSSR count). The fourth-order valence-electron chi connectivity index (χ4n) is 3.42. The maximum absolute atomic E-state index is 13.6. The third-order valence-corrected chi connectivity index (χ3v) is 5.10. The smallest absolute Gasteiger partial charge is 0.145 e. The van der Waals surface area contributed by atoms with Gasteiger partial charge in [-0.1, -0.05) is 47.1 Å². The van der Waals surface area contributed by atoms with Crippen LogP contribution >= 0.6 is 11.6 Å². The van der Waals surface area contributed by atoms with Crippen LogP contribution in [-0.4, -0.2) is 53.7 Å². The van der Waals surface area contributed by atoms with Crippen LogP contribution in [0.2, 0.25) is 5.02 Å². The van der Waals surface area contributed by atoms with Gasteiger partial charge < -0.3 is 14.7 Å². The highest BCUT2D eigenvalue weighted by molar-refractivity contribution is 6.34. The molecule has 1 aliphatic heterocycles. The molecular weight excluding hydrogens is 407 g/mol. The Morgan fingerprint density at radius 1 is 1.27 bits per heavy atom. The molecule has 0 radical (unpaired) electrons. The van der Waals surface area contributed by atoms with Gasteiger partial charge in [-0.05, 0) is 37.6 Å². The van der Waals surface area contributed by atoms with Crippen LogP contribution in [0.5, 0.6) is 0 Å². The first kappa shape index (κ1) is 22.7. The molecule has 5 nitrogen and oxygen atoms in total. The highest BCUT2D eigenvalue weighted by atomic mass is 35.5. The van der Waals surface area contributed by atoms with Crippen molar-refractivity contribution in [3.63, 3.8) is 0 Å². The Hall–Kier alpha value is -1.99. The zero-order chi connectivity index (χ0) is 21.5. The number of ether oxygens (including phenoxy) is 1. The van der Waals surface area contributed by atoms with Gasteiger partial charge in [0, 0.05) is 36.6 Å². The fraction of sp³-hybridized carbons (Fsp3) is 0.435. The van der Waals surface area contributed by atoms with Gasteiger partial charge in [0.05, 0.1) is 24.5 Å². The van der Waals surface area contributed by atoms with E-state index in [-0.39, 0.29) is 24.6 Å². The number of nitrogens with zero attached hydrogens (tertiary/aromatic N) is 2. The standard InChI is InChI=1S/C23H28ClFN2O3/c1-16(2)29-15-19(28)13-27(12-17-6-5-7-18(25)10-17)14-20-11-23(26-30-20)21-8-3-4-9-22(21)24/h3-10,16,19-20,28H,11-15H2,1-2H3/t19-,20+/m0/s1. The van der Waals surface area contributed by atoms with E-state index >= 15 is 0 Å². The summed E-state index contributed by atoms with van der Waals surface area (Å²) in [6.07, 6.45) is -0.183. The van der Waals surface area contributed by atoms with Gasteiger partial charge >= 0.3 is 0 Å². The number of oxime groups is 1. The zero-order valence-electron chi connectivity index (χ0n) is 17.3. The molecule has 0 unspecified atom stereocenters. The van der Waals surface area contributed by atoms with Crippen molar-refractivity contribution in [2.75, 3.05) is 19.7 Å². The Morgan fingerprint density at radius 2 is 2.07 bits per heavy atom. The summed E-state index contributed by atoms with van der Waals surface area (Å²) in [6, 6.07) is 14.0. The topological polar surface area (TPSA) is 54.3 Å². The Bertz CT molecular complexity index is 862. The van der Waals surface area contributed by atoms with Crippen molar-refractivity contribution >= 4 is 17.3 Å². The summed E-state index contributed by atoms with van der Waals surface area (Å²) in [5.41, 5.74) is 2.50. The largest absolute Gasteiger partial charge is 0.390 e. The number of hydrogen-bond donors (Lipinski definition) is 1. The van der Waals surface area contributed by atoms with Crippen LogP contribution in [-0.2, 0) is 16.1 Å². The van der Waals surface area contributed by atoms with Crippen LogP contribution in [0.25, 0.3) is 0 Å². The molecule has 1 N–H and O–H groups in total. The summed E-state index contributed by atoms with van der Waals surface area (Å²) < 4.78 is 19.2. The number of halogens is 2. The van der Waals surface area contributed by atoms with Gasteiger partial charge in [-0.25, -0.2) is 4.39 Å². The molecule has 0 bridgehead atoms. The van der Waals surface area contributed by atoms with Gasteiger partial charge in [-0.3, -0.25) is 4.90 Å². The van der Waals surface area contributed by atoms with Crippen LogP contribution in [0.1, 0.15) is 31.4 Å². The third-order valence-electron chi connectivity index (χ3n) is 4.77. The SMILES string of the molecule is CC(C)OC[C@@H](O)CN(Cc1cccc(F)c1)C[C@H]1CC(c2ccccc2Cl)=NO1. The minimum Gasteiger partial charge on any atom is -0.390 e. The van der Waals surface area contributed by atoms with Crippen molar-refractivity contribution in [3.8, 4) is 0 Å². The number of hydrogen-bond acceptors (Lipinski definition) is 5. The van der Waals surface area contributed by atoms with Crippen LogP contribution in [0.15, 0.2) is 53.7 Å². The van der Waals surface area contributed by atoms with E-state index in [1.54, 1.807) is 6.07 Å². The number of aliphatic hydroxyl groups excluding tert-OH is 1. The molecule has 0 amide bonds. The fourth-order valence-corrected chi connectivity index (χ4v) is 3.66. The van der Waals surface area contributed by atoms with E-state index in [0.717, 1.165) is 16.8 Å². The third kappa shape index (κ3) is 6.77. The van der Waals surface area contributed by atoms with E-state index in [4.69, 9.17) is 21.2 Å². The highest BCUT2D eigenvalue weighted by Gasteiger charge is 2.26. The molecule has 30 heavy (non-hydrogen) atoms. The molecule has 2 aromatic rings. The second-order valence-electron chi connectivity index (χ2n) is 7.81. The van der Waals surface area contributed by atoms with Crippen LogP contribution in [0, 0.1) is 5.82 Å². The summed E-state index contributed by atoms with van der Waals surface area (Å²) in [5.74, 6) is -0.280. The minimum atomic E-state index is -0.661. The van der Waals surface area contributed by atoms with Gasteiger partial charge in [-0.2, -0.15) is 0 Å². The maximum Gasteiger partial charge on any atom is 0.145 e. The van der Waals surface area contributed by atoms with Crippen molar-refractivity contribution in [2.24, 2.45) is 5.16 Å². The first-order chi connectivity index (χ1) is 14.4. The van der Waals surface area contributed by atoms with Crippen molar-refractivity contribution in [1.29, 1.82) is 0 Å². The lowest BCUT2D eigenvalue weighted by atomic mass is 10.0. The molecule has 1 aliphatic rings. The van der Waals surface area contributed by atoms with Gasteiger partial charge in [-0.15, -0.1) is 0 Å². The monoisotopic (exact) mass is 434 g/mol. The predicted octanol–water partition coefficient (Wildman–Crippen LogP) is 4.26. The second kappa shape index (κ2) is 10.9. The molecule has 7 heteroatoms.